The molecule has 12 rings (SSSR count). The predicted octanol–water partition coefficient (Wildman–Crippen LogP) is 13.9. The average molecular weight is 726 g/mol. The summed E-state index contributed by atoms with van der Waals surface area (Å²) in [6.45, 7) is 4.72. The van der Waals surface area contributed by atoms with Crippen molar-refractivity contribution in [3.63, 3.8) is 0 Å². The number of hydrogen-bond acceptors (Lipinski definition) is 4. The van der Waals surface area contributed by atoms with E-state index >= 15 is 0 Å². The third-order valence-corrected chi connectivity index (χ3v) is 14.1. The molecular formula is C49H31N3S2. The van der Waals surface area contributed by atoms with Gasteiger partial charge in [0.05, 0.1) is 26.9 Å². The lowest BCUT2D eigenvalue weighted by molar-refractivity contribution is 0.661. The Morgan fingerprint density at radius 3 is 2.17 bits per heavy atom. The van der Waals surface area contributed by atoms with E-state index in [1.54, 1.807) is 17.7 Å². The van der Waals surface area contributed by atoms with Gasteiger partial charge >= 0.3 is 0 Å². The molecule has 0 fully saturated rings. The van der Waals surface area contributed by atoms with Crippen LogP contribution < -0.4 is 0 Å². The molecular weight excluding hydrogens is 695 g/mol. The van der Waals surface area contributed by atoms with Gasteiger partial charge in [0.15, 0.2) is 0 Å². The lowest BCUT2D eigenvalue weighted by Crippen LogP contribution is -2.14. The van der Waals surface area contributed by atoms with Crippen molar-refractivity contribution in [1.29, 1.82) is 0 Å². The molecule has 0 amide bonds. The Morgan fingerprint density at radius 2 is 1.22 bits per heavy atom. The minimum Gasteiger partial charge on any atom is -0.309 e. The number of fused-ring (bicyclic) bond motifs is 12. The molecule has 4 heterocycles. The number of rotatable bonds is 3. The Balaban J connectivity index is 1.03. The van der Waals surface area contributed by atoms with Gasteiger partial charge in [-0.15, -0.1) is 22.7 Å². The van der Waals surface area contributed by atoms with Gasteiger partial charge in [-0.3, -0.25) is 0 Å². The summed E-state index contributed by atoms with van der Waals surface area (Å²) in [6, 6.07) is 53.7. The Morgan fingerprint density at radius 1 is 0.481 bits per heavy atom. The third-order valence-electron chi connectivity index (χ3n) is 11.7. The highest BCUT2D eigenvalue weighted by atomic mass is 32.1. The summed E-state index contributed by atoms with van der Waals surface area (Å²) < 4.78 is 7.41. The van der Waals surface area contributed by atoms with Gasteiger partial charge in [-0.2, -0.15) is 0 Å². The smallest absolute Gasteiger partial charge is 0.116 e. The van der Waals surface area contributed by atoms with E-state index in [0.717, 1.165) is 32.5 Å². The van der Waals surface area contributed by atoms with Gasteiger partial charge in [-0.1, -0.05) is 111 Å². The Hall–Kier alpha value is -6.14. The summed E-state index contributed by atoms with van der Waals surface area (Å²) in [5.74, 6) is 0. The van der Waals surface area contributed by atoms with Crippen LogP contribution in [0.15, 0.2) is 152 Å². The summed E-state index contributed by atoms with van der Waals surface area (Å²) in [5.41, 5.74) is 14.5. The molecule has 3 nitrogen and oxygen atoms in total. The first kappa shape index (κ1) is 30.3. The van der Waals surface area contributed by atoms with E-state index < -0.39 is 0 Å². The molecule has 0 bridgehead atoms. The molecule has 254 valence electrons. The maximum atomic E-state index is 4.93. The van der Waals surface area contributed by atoms with Gasteiger partial charge in [0.25, 0.3) is 0 Å². The highest BCUT2D eigenvalue weighted by molar-refractivity contribution is 7.26. The SMILES string of the molecule is CC1(C)c2ccccc2-c2cc3c4ccccc4n(-c4ccc5sc6c(-c7cccc(-c8cccc9c8sc8ccccc89)c7)ncnc6c5c4)c3cc21. The maximum Gasteiger partial charge on any atom is 0.116 e. The van der Waals surface area contributed by atoms with E-state index in [1.165, 1.54) is 80.1 Å². The van der Waals surface area contributed by atoms with E-state index in [1.807, 2.05) is 11.3 Å². The van der Waals surface area contributed by atoms with Crippen LogP contribution >= 0.6 is 22.7 Å². The molecule has 0 spiro atoms. The fourth-order valence-electron chi connectivity index (χ4n) is 9.16. The van der Waals surface area contributed by atoms with Crippen molar-refractivity contribution in [3.8, 4) is 39.2 Å². The van der Waals surface area contributed by atoms with E-state index in [-0.39, 0.29) is 5.41 Å². The fourth-order valence-corrected chi connectivity index (χ4v) is 11.5. The van der Waals surface area contributed by atoms with Gasteiger partial charge in [-0.05, 0) is 81.9 Å². The Kier molecular flexibility index (Phi) is 6.15. The number of nitrogens with zero attached hydrogens (tertiary/aromatic N) is 3. The van der Waals surface area contributed by atoms with Crippen LogP contribution in [0.25, 0.3) is 101 Å². The van der Waals surface area contributed by atoms with Crippen molar-refractivity contribution in [2.75, 3.05) is 0 Å². The molecule has 0 aliphatic heterocycles. The van der Waals surface area contributed by atoms with Crippen molar-refractivity contribution in [2.24, 2.45) is 0 Å². The monoisotopic (exact) mass is 725 g/mol. The van der Waals surface area contributed by atoms with E-state index in [0.29, 0.717) is 0 Å². The summed E-state index contributed by atoms with van der Waals surface area (Å²) in [7, 11) is 0. The van der Waals surface area contributed by atoms with Crippen LogP contribution in [0.3, 0.4) is 0 Å². The van der Waals surface area contributed by atoms with Crippen LogP contribution in [0, 0.1) is 0 Å². The molecule has 11 aromatic rings. The lowest BCUT2D eigenvalue weighted by Gasteiger charge is -2.21. The zero-order valence-corrected chi connectivity index (χ0v) is 31.2. The Labute approximate surface area is 319 Å². The number of benzene rings is 7. The van der Waals surface area contributed by atoms with Crippen molar-refractivity contribution >= 4 is 85.0 Å². The second-order valence-corrected chi connectivity index (χ2v) is 17.1. The number of thiophene rings is 2. The van der Waals surface area contributed by atoms with Crippen LogP contribution in [0.1, 0.15) is 25.0 Å². The van der Waals surface area contributed by atoms with Crippen molar-refractivity contribution < 1.29 is 0 Å². The molecule has 1 aliphatic carbocycles. The largest absolute Gasteiger partial charge is 0.309 e. The second-order valence-electron chi connectivity index (χ2n) is 15.0. The van der Waals surface area contributed by atoms with E-state index in [2.05, 4.69) is 164 Å². The predicted molar refractivity (Wildman–Crippen MR) is 231 cm³/mol. The minimum atomic E-state index is -0.0794. The zero-order valence-electron chi connectivity index (χ0n) is 29.6. The van der Waals surface area contributed by atoms with Gasteiger partial charge in [0, 0.05) is 57.7 Å². The summed E-state index contributed by atoms with van der Waals surface area (Å²) >= 11 is 3.65. The molecule has 0 atom stereocenters. The van der Waals surface area contributed by atoms with Crippen molar-refractivity contribution in [3.05, 3.63) is 163 Å². The minimum absolute atomic E-state index is 0.0794. The third kappa shape index (κ3) is 4.11. The normalized spacial score (nSPS) is 13.5. The summed E-state index contributed by atoms with van der Waals surface area (Å²) in [5, 5.41) is 6.33. The first-order chi connectivity index (χ1) is 26.5. The Bertz CT molecular complexity index is 3380. The van der Waals surface area contributed by atoms with Crippen LogP contribution in [0.5, 0.6) is 0 Å². The van der Waals surface area contributed by atoms with Gasteiger partial charge < -0.3 is 4.57 Å². The topological polar surface area (TPSA) is 30.7 Å². The summed E-state index contributed by atoms with van der Waals surface area (Å²) in [4.78, 5) is 9.85. The standard InChI is InChI=1S/C49H31N3S2/c1-49(2)39-18-6-3-13-32(39)36-25-37-33-14-4-7-19-41(33)52(42(37)26-40(36)49)30-21-22-44-38(24-30)46-48(54-44)45(50-27-51-46)29-12-9-11-28(23-29)31-16-10-17-35-34-15-5-8-20-43(34)53-47(31)35/h3-27H,1-2H3. The maximum absolute atomic E-state index is 4.93. The quantitative estimate of drug-likeness (QED) is 0.182. The molecule has 0 radical (unpaired) electrons. The lowest BCUT2D eigenvalue weighted by atomic mass is 9.82. The van der Waals surface area contributed by atoms with Gasteiger partial charge in [0.1, 0.15) is 6.33 Å². The highest BCUT2D eigenvalue weighted by Crippen LogP contribution is 2.51. The highest BCUT2D eigenvalue weighted by Gasteiger charge is 2.36. The molecule has 1 aliphatic rings. The first-order valence-corrected chi connectivity index (χ1v) is 20.0. The molecule has 0 saturated carbocycles. The number of para-hydroxylation sites is 1. The molecule has 0 unspecified atom stereocenters. The average Bonchev–Trinajstić information content (AvgIpc) is 3.94. The van der Waals surface area contributed by atoms with Crippen molar-refractivity contribution in [2.45, 2.75) is 19.3 Å². The summed E-state index contributed by atoms with van der Waals surface area (Å²) in [6.07, 6.45) is 1.74. The van der Waals surface area contributed by atoms with Crippen LogP contribution in [0.2, 0.25) is 0 Å². The molecule has 54 heavy (non-hydrogen) atoms. The molecule has 4 aromatic heterocycles. The second kappa shape index (κ2) is 11.0. The zero-order chi connectivity index (χ0) is 35.7. The van der Waals surface area contributed by atoms with Crippen LogP contribution in [-0.2, 0) is 5.41 Å². The number of hydrogen-bond donors (Lipinski definition) is 0. The van der Waals surface area contributed by atoms with E-state index in [9.17, 15) is 0 Å². The first-order valence-electron chi connectivity index (χ1n) is 18.4. The van der Waals surface area contributed by atoms with Crippen molar-refractivity contribution in [1.82, 2.24) is 14.5 Å². The van der Waals surface area contributed by atoms with Crippen LogP contribution in [-0.4, -0.2) is 14.5 Å². The molecule has 5 heteroatoms. The molecule has 7 aromatic carbocycles. The van der Waals surface area contributed by atoms with E-state index in [4.69, 9.17) is 9.97 Å². The fraction of sp³-hybridized carbons (Fsp3) is 0.0612. The molecule has 0 N–H and O–H groups in total. The van der Waals surface area contributed by atoms with Crippen LogP contribution in [0.4, 0.5) is 0 Å². The molecule has 0 saturated heterocycles. The number of aromatic nitrogens is 3. The van der Waals surface area contributed by atoms with Gasteiger partial charge in [0.2, 0.25) is 0 Å². The van der Waals surface area contributed by atoms with Gasteiger partial charge in [-0.25, -0.2) is 9.97 Å².